The number of carbonyl (C=O) groups excluding carboxylic acids is 1. The SMILES string of the molecule is O=C(NCCN1CCCCC1)c1ccc(CN2CCC(Nc3cc(=O)oc4ccc(Cl)cc34)CC2)cc1.O=C(O)C(F)(F)F.O=C(O)C(F)(F)F. The fourth-order valence-electron chi connectivity index (χ4n) is 5.34. The smallest absolute Gasteiger partial charge is 0.475 e. The van der Waals surface area contributed by atoms with E-state index in [-0.39, 0.29) is 17.6 Å². The number of piperidine rings is 2. The molecule has 4 N–H and O–H groups in total. The number of fused-ring (bicyclic) bond motifs is 1. The number of benzene rings is 2. The average Bonchev–Trinajstić information content (AvgIpc) is 3.06. The summed E-state index contributed by atoms with van der Waals surface area (Å²) in [7, 11) is 0. The summed E-state index contributed by atoms with van der Waals surface area (Å²) < 4.78 is 68.8. The number of hydrogen-bond donors (Lipinski definition) is 4. The van der Waals surface area contributed by atoms with Gasteiger partial charge in [0.15, 0.2) is 0 Å². The van der Waals surface area contributed by atoms with E-state index >= 15 is 0 Å². The lowest BCUT2D eigenvalue weighted by Gasteiger charge is -2.33. The van der Waals surface area contributed by atoms with Gasteiger partial charge in [-0.1, -0.05) is 30.2 Å². The second-order valence-corrected chi connectivity index (χ2v) is 12.2. The summed E-state index contributed by atoms with van der Waals surface area (Å²) in [5.41, 5.74) is 2.87. The highest BCUT2D eigenvalue weighted by atomic mass is 35.5. The van der Waals surface area contributed by atoms with Crippen LogP contribution in [-0.2, 0) is 16.1 Å². The summed E-state index contributed by atoms with van der Waals surface area (Å²) in [6, 6.07) is 15.0. The molecular weight excluding hydrogens is 714 g/mol. The van der Waals surface area contributed by atoms with Crippen LogP contribution in [0.2, 0.25) is 5.02 Å². The maximum absolute atomic E-state index is 12.5. The number of carbonyl (C=O) groups is 3. The molecule has 0 unspecified atom stereocenters. The van der Waals surface area contributed by atoms with E-state index in [4.69, 9.17) is 35.8 Å². The zero-order valence-corrected chi connectivity index (χ0v) is 27.9. The van der Waals surface area contributed by atoms with Crippen molar-refractivity contribution in [3.8, 4) is 0 Å². The number of amides is 1. The van der Waals surface area contributed by atoms with Crippen LogP contribution in [0.25, 0.3) is 11.0 Å². The molecule has 0 atom stereocenters. The van der Waals surface area contributed by atoms with Crippen molar-refractivity contribution in [2.45, 2.75) is 57.0 Å². The van der Waals surface area contributed by atoms with E-state index < -0.39 is 24.3 Å². The van der Waals surface area contributed by atoms with E-state index in [2.05, 4.69) is 32.6 Å². The van der Waals surface area contributed by atoms with Crippen LogP contribution in [0.5, 0.6) is 0 Å². The van der Waals surface area contributed by atoms with Crippen LogP contribution in [0.4, 0.5) is 32.0 Å². The molecule has 11 nitrogen and oxygen atoms in total. The summed E-state index contributed by atoms with van der Waals surface area (Å²) in [6.45, 7) is 6.68. The van der Waals surface area contributed by atoms with E-state index in [1.54, 1.807) is 12.1 Å². The molecule has 2 aliphatic heterocycles. The van der Waals surface area contributed by atoms with Crippen LogP contribution in [0.3, 0.4) is 0 Å². The lowest BCUT2D eigenvalue weighted by atomic mass is 10.0. The van der Waals surface area contributed by atoms with Crippen molar-refractivity contribution in [2.75, 3.05) is 44.6 Å². The van der Waals surface area contributed by atoms with Crippen molar-refractivity contribution in [1.29, 1.82) is 0 Å². The molecule has 2 aromatic carbocycles. The molecule has 0 radical (unpaired) electrons. The van der Waals surface area contributed by atoms with E-state index in [0.29, 0.717) is 22.7 Å². The molecular formula is C33H37ClF6N4O7. The first-order valence-corrected chi connectivity index (χ1v) is 16.2. The number of nitrogens with one attached hydrogen (secondary N) is 2. The number of carboxylic acids is 2. The molecule has 3 heterocycles. The second-order valence-electron chi connectivity index (χ2n) is 11.8. The quantitative estimate of drug-likeness (QED) is 0.159. The Hall–Kier alpha value is -4.35. The fourth-order valence-corrected chi connectivity index (χ4v) is 5.51. The van der Waals surface area contributed by atoms with Gasteiger partial charge in [0, 0.05) is 60.8 Å². The Balaban J connectivity index is 0.000000424. The highest BCUT2D eigenvalue weighted by Gasteiger charge is 2.39. The summed E-state index contributed by atoms with van der Waals surface area (Å²) in [5, 5.41) is 22.3. The number of aliphatic carboxylic acids is 2. The van der Waals surface area contributed by atoms with Crippen LogP contribution in [0.1, 0.15) is 48.0 Å². The molecule has 1 amide bonds. The predicted molar refractivity (Wildman–Crippen MR) is 176 cm³/mol. The van der Waals surface area contributed by atoms with Gasteiger partial charge in [-0.3, -0.25) is 9.69 Å². The topological polar surface area (TPSA) is 152 Å². The van der Waals surface area contributed by atoms with E-state index in [0.717, 1.165) is 63.2 Å². The zero-order valence-electron chi connectivity index (χ0n) is 27.2. The minimum atomic E-state index is -5.08. The van der Waals surface area contributed by atoms with Crippen LogP contribution in [0.15, 0.2) is 57.7 Å². The van der Waals surface area contributed by atoms with Gasteiger partial charge in [0.25, 0.3) is 5.91 Å². The first-order valence-electron chi connectivity index (χ1n) is 15.8. The Bertz CT molecular complexity index is 1650. The molecule has 0 saturated carbocycles. The number of nitrogens with zero attached hydrogens (tertiary/aromatic N) is 2. The summed E-state index contributed by atoms with van der Waals surface area (Å²) >= 11 is 6.17. The molecule has 51 heavy (non-hydrogen) atoms. The predicted octanol–water partition coefficient (Wildman–Crippen LogP) is 6.01. The second kappa shape index (κ2) is 18.8. The fraction of sp³-hybridized carbons (Fsp3) is 0.455. The summed E-state index contributed by atoms with van der Waals surface area (Å²) in [5.74, 6) is -5.51. The van der Waals surface area contributed by atoms with Crippen molar-refractivity contribution in [1.82, 2.24) is 15.1 Å². The molecule has 5 rings (SSSR count). The molecule has 2 saturated heterocycles. The largest absolute Gasteiger partial charge is 0.490 e. The third kappa shape index (κ3) is 14.1. The first kappa shape index (κ1) is 41.1. The van der Waals surface area contributed by atoms with E-state index in [9.17, 15) is 35.9 Å². The Kier molecular flexibility index (Phi) is 15.1. The molecule has 0 aliphatic carbocycles. The molecule has 0 spiro atoms. The normalized spacial score (nSPS) is 15.9. The number of carboxylic acid groups (broad SMARTS) is 2. The van der Waals surface area contributed by atoms with Crippen molar-refractivity contribution in [2.24, 2.45) is 0 Å². The van der Waals surface area contributed by atoms with Crippen molar-refractivity contribution < 1.29 is 55.4 Å². The van der Waals surface area contributed by atoms with Gasteiger partial charge in [0.1, 0.15) is 5.58 Å². The molecule has 1 aromatic heterocycles. The van der Waals surface area contributed by atoms with Crippen molar-refractivity contribution >= 4 is 46.1 Å². The van der Waals surface area contributed by atoms with Gasteiger partial charge in [-0.05, 0) is 74.7 Å². The molecule has 280 valence electrons. The number of alkyl halides is 6. The van der Waals surface area contributed by atoms with Crippen LogP contribution in [-0.4, -0.2) is 95.5 Å². The van der Waals surface area contributed by atoms with Crippen LogP contribution >= 0.6 is 11.6 Å². The molecule has 3 aromatic rings. The highest BCUT2D eigenvalue weighted by molar-refractivity contribution is 6.31. The Morgan fingerprint density at radius 2 is 1.39 bits per heavy atom. The molecule has 2 aliphatic rings. The number of halogens is 7. The average molecular weight is 751 g/mol. The maximum Gasteiger partial charge on any atom is 0.490 e. The minimum absolute atomic E-state index is 0.000733. The van der Waals surface area contributed by atoms with Crippen LogP contribution in [0, 0.1) is 0 Å². The van der Waals surface area contributed by atoms with Crippen molar-refractivity contribution in [3.63, 3.8) is 0 Å². The molecule has 0 bridgehead atoms. The number of rotatable bonds is 8. The lowest BCUT2D eigenvalue weighted by molar-refractivity contribution is -0.193. The van der Waals surface area contributed by atoms with Crippen molar-refractivity contribution in [3.05, 3.63) is 75.1 Å². The third-order valence-corrected chi connectivity index (χ3v) is 8.16. The Labute approximate surface area is 293 Å². The number of hydrogen-bond acceptors (Lipinski definition) is 8. The standard InChI is InChI=1S/C29H35ClN4O3.2C2HF3O2/c30-23-8-9-27-25(18-23)26(19-28(35)37-27)32-24-10-15-34(16-11-24)20-21-4-6-22(7-5-21)29(36)31-12-17-33-13-2-1-3-14-33;2*3-2(4,5)1(6)7/h4-9,18-19,24,32H,1-3,10-17,20H2,(H,31,36);2*(H,6,7). The van der Waals surface area contributed by atoms with Gasteiger partial charge in [0.05, 0.1) is 5.69 Å². The highest BCUT2D eigenvalue weighted by Crippen LogP contribution is 2.27. The van der Waals surface area contributed by atoms with Gasteiger partial charge in [-0.15, -0.1) is 0 Å². The van der Waals surface area contributed by atoms with E-state index in [1.807, 2.05) is 18.2 Å². The van der Waals surface area contributed by atoms with Gasteiger partial charge in [-0.25, -0.2) is 14.4 Å². The molecule has 18 heteroatoms. The Morgan fingerprint density at radius 3 is 1.94 bits per heavy atom. The first-order chi connectivity index (χ1) is 23.9. The van der Waals surface area contributed by atoms with Gasteiger partial charge < -0.3 is 30.2 Å². The van der Waals surface area contributed by atoms with Gasteiger partial charge in [-0.2, -0.15) is 26.3 Å². The summed E-state index contributed by atoms with van der Waals surface area (Å²) in [6.07, 6.45) is -4.37. The van der Waals surface area contributed by atoms with Gasteiger partial charge >= 0.3 is 29.9 Å². The monoisotopic (exact) mass is 750 g/mol. The lowest BCUT2D eigenvalue weighted by Crippen LogP contribution is -2.38. The van der Waals surface area contributed by atoms with E-state index in [1.165, 1.54) is 30.9 Å². The number of likely N-dealkylation sites (tertiary alicyclic amines) is 2. The Morgan fingerprint density at radius 1 is 0.824 bits per heavy atom. The zero-order chi connectivity index (χ0) is 37.8. The number of anilines is 1. The van der Waals surface area contributed by atoms with Gasteiger partial charge in [0.2, 0.25) is 0 Å². The van der Waals surface area contributed by atoms with Crippen LogP contribution < -0.4 is 16.3 Å². The molecule has 2 fully saturated rings. The summed E-state index contributed by atoms with van der Waals surface area (Å²) in [4.78, 5) is 47.2. The minimum Gasteiger partial charge on any atom is -0.475 e. The third-order valence-electron chi connectivity index (χ3n) is 7.92. The maximum atomic E-state index is 12.5.